The second-order valence-corrected chi connectivity index (χ2v) is 4.42. The van der Waals surface area contributed by atoms with E-state index in [9.17, 15) is 0 Å². The van der Waals surface area contributed by atoms with Crippen molar-refractivity contribution in [2.75, 3.05) is 11.5 Å². The molecule has 0 saturated carbocycles. The summed E-state index contributed by atoms with van der Waals surface area (Å²) < 4.78 is 5.57. The van der Waals surface area contributed by atoms with Gasteiger partial charge in [0.25, 0.3) is 5.22 Å². The van der Waals surface area contributed by atoms with E-state index >= 15 is 0 Å². The number of fused-ring (bicyclic) bond motifs is 1. The number of anilines is 1. The normalized spacial score (nSPS) is 11.0. The Balaban J connectivity index is 2.20. The molecule has 0 radical (unpaired) electrons. The molecule has 0 fully saturated rings. The Kier molecular flexibility index (Phi) is 3.16. The van der Waals surface area contributed by atoms with Crippen LogP contribution >= 0.6 is 11.8 Å². The van der Waals surface area contributed by atoms with E-state index in [-0.39, 0.29) is 0 Å². The maximum atomic E-state index is 5.79. The number of hydrogen-bond donors (Lipinski definition) is 1. The van der Waals surface area contributed by atoms with Crippen molar-refractivity contribution in [3.8, 4) is 0 Å². The minimum atomic E-state index is 0.679. The van der Waals surface area contributed by atoms with Gasteiger partial charge in [0, 0.05) is 5.75 Å². The van der Waals surface area contributed by atoms with Crippen LogP contribution in [-0.4, -0.2) is 10.7 Å². The number of nitrogen functional groups attached to an aromatic ring is 1. The highest BCUT2D eigenvalue weighted by Gasteiger charge is 2.07. The SMILES string of the molecule is CCCCSc1nc2c(N)cccc2o1. The number of nitrogens with two attached hydrogens (primary N) is 1. The molecule has 3 nitrogen and oxygen atoms in total. The van der Waals surface area contributed by atoms with Gasteiger partial charge >= 0.3 is 0 Å². The van der Waals surface area contributed by atoms with Gasteiger partial charge in [-0.3, -0.25) is 0 Å². The van der Waals surface area contributed by atoms with Crippen LogP contribution in [0.2, 0.25) is 0 Å². The third-order valence-electron chi connectivity index (χ3n) is 2.15. The Morgan fingerprint density at radius 1 is 1.47 bits per heavy atom. The van der Waals surface area contributed by atoms with Gasteiger partial charge in [-0.1, -0.05) is 31.2 Å². The average molecular weight is 222 g/mol. The van der Waals surface area contributed by atoms with Crippen LogP contribution in [0.1, 0.15) is 19.8 Å². The van der Waals surface area contributed by atoms with Crippen molar-refractivity contribution in [2.45, 2.75) is 25.0 Å². The van der Waals surface area contributed by atoms with Crippen LogP contribution in [0.3, 0.4) is 0 Å². The molecule has 0 atom stereocenters. The molecule has 1 aromatic carbocycles. The van der Waals surface area contributed by atoms with Gasteiger partial charge in [-0.2, -0.15) is 0 Å². The molecule has 2 aromatic rings. The summed E-state index contributed by atoms with van der Waals surface area (Å²) in [6.07, 6.45) is 2.37. The van der Waals surface area contributed by atoms with E-state index in [1.54, 1.807) is 11.8 Å². The van der Waals surface area contributed by atoms with Crippen molar-refractivity contribution in [3.05, 3.63) is 18.2 Å². The third-order valence-corrected chi connectivity index (χ3v) is 3.07. The monoisotopic (exact) mass is 222 g/mol. The Bertz CT molecular complexity index is 453. The van der Waals surface area contributed by atoms with Gasteiger partial charge < -0.3 is 10.2 Å². The van der Waals surface area contributed by atoms with Crippen LogP contribution < -0.4 is 5.73 Å². The molecule has 1 aromatic heterocycles. The van der Waals surface area contributed by atoms with Crippen molar-refractivity contribution < 1.29 is 4.42 Å². The smallest absolute Gasteiger partial charge is 0.256 e. The van der Waals surface area contributed by atoms with Gasteiger partial charge in [-0.25, -0.2) is 4.98 Å². The molecule has 2 N–H and O–H groups in total. The number of rotatable bonds is 4. The Hall–Kier alpha value is -1.16. The summed E-state index contributed by atoms with van der Waals surface area (Å²) in [6, 6.07) is 5.61. The van der Waals surface area contributed by atoms with Crippen LogP contribution in [0, 0.1) is 0 Å². The highest BCUT2D eigenvalue weighted by Crippen LogP contribution is 2.27. The van der Waals surface area contributed by atoms with Gasteiger partial charge in [0.15, 0.2) is 5.58 Å². The summed E-state index contributed by atoms with van der Waals surface area (Å²) in [6.45, 7) is 2.17. The predicted molar refractivity (Wildman–Crippen MR) is 64.1 cm³/mol. The summed E-state index contributed by atoms with van der Waals surface area (Å²) in [5, 5.41) is 0.719. The van der Waals surface area contributed by atoms with Gasteiger partial charge in [-0.15, -0.1) is 0 Å². The fourth-order valence-corrected chi connectivity index (χ4v) is 2.23. The number of unbranched alkanes of at least 4 members (excludes halogenated alkanes) is 1. The van der Waals surface area contributed by atoms with E-state index in [0.717, 1.165) is 22.1 Å². The second-order valence-electron chi connectivity index (χ2n) is 3.38. The van der Waals surface area contributed by atoms with E-state index in [2.05, 4.69) is 11.9 Å². The zero-order valence-electron chi connectivity index (χ0n) is 8.69. The predicted octanol–water partition coefficient (Wildman–Crippen LogP) is 3.30. The van der Waals surface area contributed by atoms with E-state index in [0.29, 0.717) is 5.69 Å². The molecule has 4 heteroatoms. The first-order valence-corrected chi connectivity index (χ1v) is 6.07. The lowest BCUT2D eigenvalue weighted by atomic mass is 10.3. The Morgan fingerprint density at radius 3 is 3.07 bits per heavy atom. The zero-order chi connectivity index (χ0) is 10.7. The van der Waals surface area contributed by atoms with Crippen molar-refractivity contribution in [2.24, 2.45) is 0 Å². The minimum absolute atomic E-state index is 0.679. The van der Waals surface area contributed by atoms with Crippen molar-refractivity contribution >= 4 is 28.5 Å². The molecule has 0 amide bonds. The molecule has 0 aliphatic heterocycles. The molecular formula is C11H14N2OS. The van der Waals surface area contributed by atoms with Gasteiger partial charge in [-0.05, 0) is 18.6 Å². The van der Waals surface area contributed by atoms with E-state index in [1.165, 1.54) is 12.8 Å². The van der Waals surface area contributed by atoms with Crippen molar-refractivity contribution in [3.63, 3.8) is 0 Å². The van der Waals surface area contributed by atoms with Crippen LogP contribution in [0.25, 0.3) is 11.1 Å². The zero-order valence-corrected chi connectivity index (χ0v) is 9.51. The first-order valence-electron chi connectivity index (χ1n) is 5.09. The van der Waals surface area contributed by atoms with Crippen LogP contribution in [-0.2, 0) is 0 Å². The summed E-state index contributed by atoms with van der Waals surface area (Å²) in [5.74, 6) is 1.04. The fraction of sp³-hybridized carbons (Fsp3) is 0.364. The Labute approximate surface area is 93.0 Å². The molecule has 0 saturated heterocycles. The number of benzene rings is 1. The summed E-state index contributed by atoms with van der Waals surface area (Å²) in [4.78, 5) is 4.36. The molecule has 0 aliphatic rings. The molecule has 0 unspecified atom stereocenters. The highest BCUT2D eigenvalue weighted by atomic mass is 32.2. The minimum Gasteiger partial charge on any atom is -0.431 e. The molecular weight excluding hydrogens is 208 g/mol. The molecule has 2 rings (SSSR count). The second kappa shape index (κ2) is 4.57. The molecule has 80 valence electrons. The fourth-order valence-electron chi connectivity index (χ4n) is 1.32. The first kappa shape index (κ1) is 10.4. The molecule has 0 aliphatic carbocycles. The van der Waals surface area contributed by atoms with Gasteiger partial charge in [0.05, 0.1) is 5.69 Å². The van der Waals surface area contributed by atoms with Crippen LogP contribution in [0.5, 0.6) is 0 Å². The molecule has 0 spiro atoms. The lowest BCUT2D eigenvalue weighted by molar-refractivity contribution is 0.489. The maximum Gasteiger partial charge on any atom is 0.256 e. The number of oxazole rings is 1. The third kappa shape index (κ3) is 2.26. The van der Waals surface area contributed by atoms with E-state index in [1.807, 2.05) is 18.2 Å². The lowest BCUT2D eigenvalue weighted by Crippen LogP contribution is -1.85. The van der Waals surface area contributed by atoms with Gasteiger partial charge in [0.2, 0.25) is 0 Å². The largest absolute Gasteiger partial charge is 0.431 e. The average Bonchev–Trinajstić information content (AvgIpc) is 2.63. The summed E-state index contributed by atoms with van der Waals surface area (Å²) >= 11 is 1.65. The van der Waals surface area contributed by atoms with Crippen LogP contribution in [0.4, 0.5) is 5.69 Å². The molecule has 1 heterocycles. The number of nitrogens with zero attached hydrogens (tertiary/aromatic N) is 1. The first-order chi connectivity index (χ1) is 7.31. The quantitative estimate of drug-likeness (QED) is 0.490. The summed E-state index contributed by atoms with van der Waals surface area (Å²) in [7, 11) is 0. The van der Waals surface area contributed by atoms with E-state index < -0.39 is 0 Å². The molecule has 0 bridgehead atoms. The number of thioether (sulfide) groups is 1. The molecule has 15 heavy (non-hydrogen) atoms. The van der Waals surface area contributed by atoms with Crippen LogP contribution in [0.15, 0.2) is 27.8 Å². The van der Waals surface area contributed by atoms with Gasteiger partial charge in [0.1, 0.15) is 5.52 Å². The number of aromatic nitrogens is 1. The van der Waals surface area contributed by atoms with E-state index in [4.69, 9.17) is 10.2 Å². The summed E-state index contributed by atoms with van der Waals surface area (Å²) in [5.41, 5.74) is 8.02. The topological polar surface area (TPSA) is 52.0 Å². The maximum absolute atomic E-state index is 5.79. The highest BCUT2D eigenvalue weighted by molar-refractivity contribution is 7.99. The standard InChI is InChI=1S/C11H14N2OS/c1-2-3-7-15-11-13-10-8(12)5-4-6-9(10)14-11/h4-6H,2-3,7,12H2,1H3. The lowest BCUT2D eigenvalue weighted by Gasteiger charge is -1.91. The number of para-hydroxylation sites is 1. The van der Waals surface area contributed by atoms with Crippen molar-refractivity contribution in [1.29, 1.82) is 0 Å². The number of hydrogen-bond acceptors (Lipinski definition) is 4. The Morgan fingerprint density at radius 2 is 2.33 bits per heavy atom. The van der Waals surface area contributed by atoms with Crippen molar-refractivity contribution in [1.82, 2.24) is 4.98 Å².